The number of hydrogen-bond acceptors (Lipinski definition) is 5. The number of rotatable bonds is 4. The van der Waals surface area contributed by atoms with Crippen molar-refractivity contribution in [3.05, 3.63) is 86.5 Å². The molecule has 0 atom stereocenters. The molecule has 0 fully saturated rings. The number of hydrogen-bond donors (Lipinski definition) is 1. The fraction of sp³-hybridized carbons (Fsp3) is 0.0455. The third-order valence-corrected chi connectivity index (χ3v) is 5.80. The first-order valence-electron chi connectivity index (χ1n) is 8.70. The maximum atomic E-state index is 12.6. The molecule has 5 nitrogen and oxygen atoms in total. The molecule has 1 N–H and O–H groups in total. The van der Waals surface area contributed by atoms with E-state index in [1.165, 1.54) is 24.3 Å². The number of halogens is 1. The van der Waals surface area contributed by atoms with Gasteiger partial charge in [-0.15, -0.1) is 11.3 Å². The number of nitrogens with zero attached hydrogens (tertiary/aromatic N) is 2. The van der Waals surface area contributed by atoms with Crippen molar-refractivity contribution < 1.29 is 4.79 Å². The van der Waals surface area contributed by atoms with Crippen LogP contribution >= 0.6 is 22.9 Å². The Morgan fingerprint density at radius 2 is 1.90 bits per heavy atom. The normalized spacial score (nSPS) is 10.7. The van der Waals surface area contributed by atoms with E-state index in [1.54, 1.807) is 47.0 Å². The molecule has 142 valence electrons. The van der Waals surface area contributed by atoms with E-state index in [1.807, 2.05) is 12.1 Å². The topological polar surface area (TPSA) is 74.9 Å². The Morgan fingerprint density at radius 1 is 1.14 bits per heavy atom. The summed E-state index contributed by atoms with van der Waals surface area (Å²) in [5, 5.41) is 14.2. The number of fused-ring (bicyclic) bond motifs is 1. The van der Waals surface area contributed by atoms with Crippen LogP contribution in [0.5, 0.6) is 0 Å². The zero-order chi connectivity index (χ0) is 20.5. The molecular weight excluding hydrogens is 406 g/mol. The minimum absolute atomic E-state index is 0.0435. The van der Waals surface area contributed by atoms with Crippen LogP contribution in [0.25, 0.3) is 15.9 Å². The first-order chi connectivity index (χ1) is 14.0. The predicted octanol–water partition coefficient (Wildman–Crippen LogP) is 5.52. The van der Waals surface area contributed by atoms with E-state index in [2.05, 4.69) is 11.4 Å². The molecule has 0 saturated heterocycles. The minimum atomic E-state index is -0.215. The molecule has 2 aromatic carbocycles. The van der Waals surface area contributed by atoms with Crippen LogP contribution < -0.4 is 10.9 Å². The Labute approximate surface area is 175 Å². The number of nitriles is 1. The van der Waals surface area contributed by atoms with Crippen molar-refractivity contribution in [1.29, 1.82) is 5.26 Å². The van der Waals surface area contributed by atoms with Gasteiger partial charge in [0.15, 0.2) is 5.78 Å². The van der Waals surface area contributed by atoms with E-state index in [-0.39, 0.29) is 11.3 Å². The van der Waals surface area contributed by atoms with E-state index in [0.717, 1.165) is 11.1 Å². The van der Waals surface area contributed by atoms with Crippen molar-refractivity contribution in [2.75, 3.05) is 5.32 Å². The first kappa shape index (κ1) is 18.9. The number of ketones is 1. The van der Waals surface area contributed by atoms with Gasteiger partial charge in [-0.05, 0) is 55.5 Å². The second-order valence-electron chi connectivity index (χ2n) is 6.38. The fourth-order valence-electron chi connectivity index (χ4n) is 3.08. The summed E-state index contributed by atoms with van der Waals surface area (Å²) in [5.41, 5.74) is 2.36. The zero-order valence-corrected chi connectivity index (χ0v) is 16.8. The van der Waals surface area contributed by atoms with Gasteiger partial charge in [-0.3, -0.25) is 14.2 Å². The average Bonchev–Trinajstić information content (AvgIpc) is 3.05. The molecule has 7 heteroatoms. The van der Waals surface area contributed by atoms with Crippen LogP contribution in [-0.2, 0) is 0 Å². The smallest absolute Gasteiger partial charge is 0.256 e. The van der Waals surface area contributed by atoms with E-state index in [9.17, 15) is 14.9 Å². The quantitative estimate of drug-likeness (QED) is 0.442. The third kappa shape index (κ3) is 3.54. The van der Waals surface area contributed by atoms with Crippen molar-refractivity contribution in [3.63, 3.8) is 0 Å². The molecule has 0 radical (unpaired) electrons. The molecule has 0 saturated carbocycles. The van der Waals surface area contributed by atoms with Gasteiger partial charge < -0.3 is 5.32 Å². The number of anilines is 2. The lowest BCUT2D eigenvalue weighted by Gasteiger charge is -2.09. The number of benzene rings is 2. The lowest BCUT2D eigenvalue weighted by atomic mass is 10.1. The maximum absolute atomic E-state index is 12.6. The van der Waals surface area contributed by atoms with Crippen LogP contribution in [0.15, 0.2) is 65.5 Å². The summed E-state index contributed by atoms with van der Waals surface area (Å²) in [6, 6.07) is 19.4. The molecule has 0 amide bonds. The number of nitrogens with one attached hydrogen (secondary N) is 1. The van der Waals surface area contributed by atoms with Gasteiger partial charge in [-0.1, -0.05) is 17.7 Å². The number of carbonyl (C=O) groups is 1. The van der Waals surface area contributed by atoms with Crippen LogP contribution in [0.3, 0.4) is 0 Å². The fourth-order valence-corrected chi connectivity index (χ4v) is 4.34. The Morgan fingerprint density at radius 3 is 2.55 bits per heavy atom. The van der Waals surface area contributed by atoms with Crippen LogP contribution in [-0.4, -0.2) is 10.4 Å². The second-order valence-corrected chi connectivity index (χ2v) is 7.82. The molecule has 2 heterocycles. The largest absolute Gasteiger partial charge is 0.353 e. The SMILES string of the molecule is CC(=O)c1ccc(-n2c(=O)ccc3c(Nc4cccc(Cl)c4)c(C#N)sc32)cc1. The van der Waals surface area contributed by atoms with Gasteiger partial charge in [-0.2, -0.15) is 5.26 Å². The molecule has 4 rings (SSSR count). The lowest BCUT2D eigenvalue weighted by Crippen LogP contribution is -2.16. The van der Waals surface area contributed by atoms with Gasteiger partial charge in [0.25, 0.3) is 5.56 Å². The van der Waals surface area contributed by atoms with E-state index in [4.69, 9.17) is 11.6 Å². The van der Waals surface area contributed by atoms with Gasteiger partial charge in [-0.25, -0.2) is 0 Å². The van der Waals surface area contributed by atoms with Crippen molar-refractivity contribution in [1.82, 2.24) is 4.57 Å². The molecule has 0 bridgehead atoms. The van der Waals surface area contributed by atoms with Gasteiger partial charge in [0.05, 0.1) is 11.4 Å². The average molecular weight is 420 g/mol. The van der Waals surface area contributed by atoms with Gasteiger partial charge in [0.2, 0.25) is 0 Å². The van der Waals surface area contributed by atoms with Gasteiger partial charge in [0.1, 0.15) is 15.8 Å². The second kappa shape index (κ2) is 7.55. The van der Waals surface area contributed by atoms with Gasteiger partial charge in [0, 0.05) is 27.7 Å². The van der Waals surface area contributed by atoms with Crippen LogP contribution in [0.2, 0.25) is 5.02 Å². The molecule has 4 aromatic rings. The molecule has 0 aliphatic rings. The van der Waals surface area contributed by atoms with Crippen LogP contribution in [0.4, 0.5) is 11.4 Å². The molecular formula is C22H14ClN3O2S. The highest BCUT2D eigenvalue weighted by atomic mass is 35.5. The first-order valence-corrected chi connectivity index (χ1v) is 9.90. The summed E-state index contributed by atoms with van der Waals surface area (Å²) in [4.78, 5) is 25.3. The third-order valence-electron chi connectivity index (χ3n) is 4.47. The molecule has 2 aromatic heterocycles. The highest BCUT2D eigenvalue weighted by Crippen LogP contribution is 2.37. The molecule has 0 aliphatic heterocycles. The van der Waals surface area contributed by atoms with Crippen molar-refractivity contribution in [2.24, 2.45) is 0 Å². The number of Topliss-reactive ketones (excluding diaryl/α,β-unsaturated/α-hetero) is 1. The van der Waals surface area contributed by atoms with Crippen LogP contribution in [0, 0.1) is 11.3 Å². The van der Waals surface area contributed by atoms with Crippen LogP contribution in [0.1, 0.15) is 22.2 Å². The van der Waals surface area contributed by atoms with E-state index in [0.29, 0.717) is 31.7 Å². The summed E-state index contributed by atoms with van der Waals surface area (Å²) in [7, 11) is 0. The van der Waals surface area contributed by atoms with Crippen molar-refractivity contribution >= 4 is 50.3 Å². The van der Waals surface area contributed by atoms with Gasteiger partial charge >= 0.3 is 0 Å². The van der Waals surface area contributed by atoms with E-state index >= 15 is 0 Å². The maximum Gasteiger partial charge on any atom is 0.256 e. The highest BCUT2D eigenvalue weighted by molar-refractivity contribution is 7.20. The van der Waals surface area contributed by atoms with Crippen molar-refractivity contribution in [2.45, 2.75) is 6.92 Å². The summed E-state index contributed by atoms with van der Waals surface area (Å²) in [5.74, 6) is -0.0435. The summed E-state index contributed by atoms with van der Waals surface area (Å²) < 4.78 is 1.55. The summed E-state index contributed by atoms with van der Waals surface area (Å²) in [6.07, 6.45) is 0. The Bertz CT molecular complexity index is 1350. The number of aromatic nitrogens is 1. The zero-order valence-electron chi connectivity index (χ0n) is 15.3. The molecule has 0 spiro atoms. The van der Waals surface area contributed by atoms with E-state index < -0.39 is 0 Å². The molecule has 0 aliphatic carbocycles. The molecule has 29 heavy (non-hydrogen) atoms. The predicted molar refractivity (Wildman–Crippen MR) is 117 cm³/mol. The lowest BCUT2D eigenvalue weighted by molar-refractivity contribution is 0.101. The molecule has 0 unspecified atom stereocenters. The number of thiophene rings is 1. The Balaban J connectivity index is 1.90. The van der Waals surface area contributed by atoms with Crippen molar-refractivity contribution in [3.8, 4) is 11.8 Å². The standard InChI is InChI=1S/C22H14ClN3O2S/c1-13(27)14-5-7-17(8-6-14)26-20(28)10-9-18-21(19(12-24)29-22(18)26)25-16-4-2-3-15(23)11-16/h2-11,25H,1H3. The minimum Gasteiger partial charge on any atom is -0.353 e. The number of pyridine rings is 1. The summed E-state index contributed by atoms with van der Waals surface area (Å²) >= 11 is 7.30. The number of carbonyl (C=O) groups excluding carboxylic acids is 1. The Hall–Kier alpha value is -3.40. The monoisotopic (exact) mass is 419 g/mol. The Kier molecular flexibility index (Phi) is 4.93. The highest BCUT2D eigenvalue weighted by Gasteiger charge is 2.17. The summed E-state index contributed by atoms with van der Waals surface area (Å²) in [6.45, 7) is 1.49.